The second kappa shape index (κ2) is 16.2. The van der Waals surface area contributed by atoms with Crippen molar-refractivity contribution in [3.8, 4) is 11.5 Å². The van der Waals surface area contributed by atoms with Crippen molar-refractivity contribution in [2.45, 2.75) is 118 Å². The third-order valence-corrected chi connectivity index (χ3v) is 13.8. The molecule has 6 nitrogen and oxygen atoms in total. The van der Waals surface area contributed by atoms with E-state index in [1.54, 1.807) is 37.5 Å². The molecule has 52 heavy (non-hydrogen) atoms. The number of fused-ring (bicyclic) bond motifs is 5. The lowest BCUT2D eigenvalue weighted by Crippen LogP contribution is -2.51. The molecule has 0 aromatic heterocycles. The Morgan fingerprint density at radius 3 is 2.46 bits per heavy atom. The minimum Gasteiger partial charge on any atom is -0.493 e. The van der Waals surface area contributed by atoms with Gasteiger partial charge in [-0.15, -0.1) is 0 Å². The van der Waals surface area contributed by atoms with E-state index in [2.05, 4.69) is 46.0 Å². The fraction of sp³-hybridized carbons (Fsp3) is 0.609. The first-order valence-electron chi connectivity index (χ1n) is 20.3. The first-order chi connectivity index (χ1) is 24.9. The molecule has 0 saturated heterocycles. The molecule has 4 aliphatic carbocycles. The Labute approximate surface area is 313 Å². The van der Waals surface area contributed by atoms with Gasteiger partial charge in [0.25, 0.3) is 0 Å². The lowest BCUT2D eigenvalue weighted by molar-refractivity contribution is -0.111. The molecule has 4 aliphatic rings. The fourth-order valence-corrected chi connectivity index (χ4v) is 11.1. The van der Waals surface area contributed by atoms with Crippen LogP contribution in [0.1, 0.15) is 128 Å². The molecule has 0 bridgehead atoms. The first-order valence-corrected chi connectivity index (χ1v) is 20.3. The number of anilines is 1. The summed E-state index contributed by atoms with van der Waals surface area (Å²) >= 11 is 0. The minimum atomic E-state index is -0.293. The Bertz CT molecular complexity index is 1630. The van der Waals surface area contributed by atoms with E-state index in [9.17, 15) is 9.59 Å². The summed E-state index contributed by atoms with van der Waals surface area (Å²) < 4.78 is 17.1. The lowest BCUT2D eigenvalue weighted by Gasteiger charge is -2.58. The lowest BCUT2D eigenvalue weighted by atomic mass is 9.47. The first kappa shape index (κ1) is 38.2. The number of benzene rings is 2. The Hall–Kier alpha value is -3.54. The van der Waals surface area contributed by atoms with Crippen LogP contribution in [-0.2, 0) is 9.53 Å². The molecule has 1 N–H and O–H groups in total. The third-order valence-electron chi connectivity index (χ3n) is 13.8. The molecular formula is C46H63NO5. The van der Waals surface area contributed by atoms with Gasteiger partial charge in [-0.05, 0) is 146 Å². The predicted octanol–water partition coefficient (Wildman–Crippen LogP) is 11.3. The Morgan fingerprint density at radius 2 is 1.73 bits per heavy atom. The number of nitrogens with one attached hydrogen (secondary N) is 1. The summed E-state index contributed by atoms with van der Waals surface area (Å²) in [6.07, 6.45) is 19.4. The van der Waals surface area contributed by atoms with Crippen LogP contribution >= 0.6 is 0 Å². The van der Waals surface area contributed by atoms with Crippen molar-refractivity contribution in [2.24, 2.45) is 46.3 Å². The normalized spacial score (nSPS) is 30.2. The molecule has 1 amide bonds. The molecule has 3 saturated carbocycles. The Morgan fingerprint density at radius 1 is 0.942 bits per heavy atom. The zero-order valence-corrected chi connectivity index (χ0v) is 32.8. The molecule has 0 aliphatic heterocycles. The van der Waals surface area contributed by atoms with Crippen LogP contribution < -0.4 is 14.8 Å². The number of amides is 1. The molecule has 0 radical (unpaired) electrons. The number of allylic oxidation sites excluding steroid dienone is 1. The number of ether oxygens (including phenoxy) is 3. The number of rotatable bonds is 13. The van der Waals surface area contributed by atoms with Crippen molar-refractivity contribution in [1.29, 1.82) is 0 Å². The van der Waals surface area contributed by atoms with E-state index in [1.165, 1.54) is 63.0 Å². The number of esters is 1. The van der Waals surface area contributed by atoms with Crippen molar-refractivity contribution >= 4 is 23.6 Å². The molecule has 2 aromatic carbocycles. The van der Waals surface area contributed by atoms with E-state index in [0.717, 1.165) is 60.3 Å². The quantitative estimate of drug-likeness (QED) is 0.127. The molecule has 0 heterocycles. The average Bonchev–Trinajstić information content (AvgIpc) is 3.49. The summed E-state index contributed by atoms with van der Waals surface area (Å²) in [5.41, 5.74) is 4.19. The fourth-order valence-electron chi connectivity index (χ4n) is 11.1. The van der Waals surface area contributed by atoms with Gasteiger partial charge in [0, 0.05) is 18.2 Å². The monoisotopic (exact) mass is 709 g/mol. The minimum absolute atomic E-state index is 0.0921. The van der Waals surface area contributed by atoms with Crippen LogP contribution in [0.3, 0.4) is 0 Å². The molecule has 3 fully saturated rings. The Kier molecular flexibility index (Phi) is 11.9. The molecule has 1 unspecified atom stereocenters. The molecule has 0 spiro atoms. The second-order valence-electron chi connectivity index (χ2n) is 17.3. The Balaban J connectivity index is 1.01. The maximum Gasteiger partial charge on any atom is 0.338 e. The number of hydrogen-bond acceptors (Lipinski definition) is 5. The smallest absolute Gasteiger partial charge is 0.338 e. The van der Waals surface area contributed by atoms with Gasteiger partial charge in [0.2, 0.25) is 5.91 Å². The molecule has 2 aromatic rings. The van der Waals surface area contributed by atoms with Gasteiger partial charge in [-0.3, -0.25) is 4.79 Å². The molecule has 6 rings (SSSR count). The van der Waals surface area contributed by atoms with E-state index in [-0.39, 0.29) is 23.4 Å². The molecular weight excluding hydrogens is 647 g/mol. The van der Waals surface area contributed by atoms with Gasteiger partial charge >= 0.3 is 5.97 Å². The molecule has 6 heteroatoms. The zero-order chi connectivity index (χ0) is 37.0. The zero-order valence-electron chi connectivity index (χ0n) is 32.8. The van der Waals surface area contributed by atoms with Crippen molar-refractivity contribution < 1.29 is 23.8 Å². The van der Waals surface area contributed by atoms with E-state index in [4.69, 9.17) is 14.2 Å². The van der Waals surface area contributed by atoms with Gasteiger partial charge < -0.3 is 19.5 Å². The van der Waals surface area contributed by atoms with Crippen LogP contribution in [-0.4, -0.2) is 31.7 Å². The standard InChI is InChI=1S/C46H63NO5/c1-8-51-41-22-12-32(28-42(41)50-7)13-23-43(48)47-35-17-14-33(15-18-35)44(49)52-36-24-26-45(5)34(29-36)16-19-37-39-21-20-38(31(4)11-9-10-30(2)3)46(39,6)27-25-40(37)45/h12-18,22-23,28,30-31,36-40H,8-11,19-21,24-27,29H2,1-7H3,(H,47,48)/b23-13+/t31-,36?,37+,38-,39+,40+,45+,46-/m1/s1. The van der Waals surface area contributed by atoms with Crippen molar-refractivity contribution in [2.75, 3.05) is 19.0 Å². The number of methoxy groups -OCH3 is 1. The van der Waals surface area contributed by atoms with Crippen molar-refractivity contribution in [3.05, 3.63) is 71.3 Å². The van der Waals surface area contributed by atoms with E-state index in [0.29, 0.717) is 34.8 Å². The highest BCUT2D eigenvalue weighted by molar-refractivity contribution is 6.02. The van der Waals surface area contributed by atoms with Crippen LogP contribution in [0.15, 0.2) is 60.2 Å². The highest BCUT2D eigenvalue weighted by Gasteiger charge is 2.59. The SMILES string of the molecule is CCOc1ccc(/C=C/C(=O)Nc2ccc(C(=O)OC3CC[C@@]4(C)C(=CC[C@H]5[C@@H]6CC[C@H]([C@H](C)CCCC(C)C)[C@@]6(C)CC[C@@H]54)C3)cc2)cc1OC. The maximum absolute atomic E-state index is 13.3. The second-order valence-corrected chi connectivity index (χ2v) is 17.3. The number of carbonyl (C=O) groups is 2. The summed E-state index contributed by atoms with van der Waals surface area (Å²) in [6.45, 7) is 14.9. The van der Waals surface area contributed by atoms with Gasteiger partial charge in [0.1, 0.15) is 6.10 Å². The van der Waals surface area contributed by atoms with Gasteiger partial charge in [0.05, 0.1) is 19.3 Å². The van der Waals surface area contributed by atoms with Gasteiger partial charge in [-0.2, -0.15) is 0 Å². The van der Waals surface area contributed by atoms with Crippen LogP contribution in [0, 0.1) is 46.3 Å². The third kappa shape index (κ3) is 8.01. The largest absolute Gasteiger partial charge is 0.493 e. The van der Waals surface area contributed by atoms with E-state index in [1.807, 2.05) is 25.1 Å². The predicted molar refractivity (Wildman–Crippen MR) is 211 cm³/mol. The van der Waals surface area contributed by atoms with Gasteiger partial charge in [0.15, 0.2) is 11.5 Å². The highest BCUT2D eigenvalue weighted by Crippen LogP contribution is 2.67. The van der Waals surface area contributed by atoms with Crippen LogP contribution in [0.4, 0.5) is 5.69 Å². The topological polar surface area (TPSA) is 73.9 Å². The summed E-state index contributed by atoms with van der Waals surface area (Å²) in [5, 5.41) is 2.87. The van der Waals surface area contributed by atoms with Crippen molar-refractivity contribution in [3.63, 3.8) is 0 Å². The average molecular weight is 710 g/mol. The van der Waals surface area contributed by atoms with Gasteiger partial charge in [-0.25, -0.2) is 4.79 Å². The van der Waals surface area contributed by atoms with E-state index >= 15 is 0 Å². The highest BCUT2D eigenvalue weighted by atomic mass is 16.5. The molecule has 282 valence electrons. The van der Waals surface area contributed by atoms with Crippen LogP contribution in [0.2, 0.25) is 0 Å². The summed E-state index contributed by atoms with van der Waals surface area (Å²) in [5.74, 6) is 5.63. The maximum atomic E-state index is 13.3. The van der Waals surface area contributed by atoms with Gasteiger partial charge in [-0.1, -0.05) is 71.6 Å². The number of hydrogen-bond donors (Lipinski definition) is 1. The van der Waals surface area contributed by atoms with Crippen LogP contribution in [0.25, 0.3) is 6.08 Å². The number of carbonyl (C=O) groups excluding carboxylic acids is 2. The summed E-state index contributed by atoms with van der Waals surface area (Å²) in [7, 11) is 1.59. The molecule has 8 atom stereocenters. The van der Waals surface area contributed by atoms with E-state index < -0.39 is 0 Å². The van der Waals surface area contributed by atoms with Crippen molar-refractivity contribution in [1.82, 2.24) is 0 Å². The van der Waals surface area contributed by atoms with Crippen LogP contribution in [0.5, 0.6) is 11.5 Å². The summed E-state index contributed by atoms with van der Waals surface area (Å²) in [6, 6.07) is 12.5. The summed E-state index contributed by atoms with van der Waals surface area (Å²) in [4.78, 5) is 25.9.